The number of carbonyl (C=O) groups excluding carboxylic acids is 1. The molecule has 0 bridgehead atoms. The first-order chi connectivity index (χ1) is 15.6. The third-order valence-electron chi connectivity index (χ3n) is 5.59. The van der Waals surface area contributed by atoms with Gasteiger partial charge >= 0.3 is 0 Å². The van der Waals surface area contributed by atoms with Crippen molar-refractivity contribution in [2.45, 2.75) is 51.5 Å². The SMILES string of the molecule is C[C@@H](NC(=O)c1ncnc2[nH]c(=O)cnc12)c1cc(-c2nc3c([nH]2)CCCCCC3)no1. The highest BCUT2D eigenvalue weighted by atomic mass is 16.5. The van der Waals surface area contributed by atoms with Crippen molar-refractivity contribution in [3.05, 3.63) is 51.8 Å². The Kier molecular flexibility index (Phi) is 5.21. The van der Waals surface area contributed by atoms with E-state index in [9.17, 15) is 9.59 Å². The molecular formula is C21H22N8O3. The Morgan fingerprint density at radius 3 is 2.84 bits per heavy atom. The quantitative estimate of drug-likeness (QED) is 0.441. The lowest BCUT2D eigenvalue weighted by atomic mass is 10.0. The number of nitrogens with zero attached hydrogens (tertiary/aromatic N) is 5. The first kappa shape index (κ1) is 20.0. The van der Waals surface area contributed by atoms with Crippen molar-refractivity contribution in [1.82, 2.24) is 40.4 Å². The molecule has 11 nitrogen and oxygen atoms in total. The Hall–Kier alpha value is -3.89. The fraction of sp³-hybridized carbons (Fsp3) is 0.381. The van der Waals surface area contributed by atoms with Gasteiger partial charge in [-0.1, -0.05) is 18.0 Å². The van der Waals surface area contributed by atoms with Gasteiger partial charge in [-0.05, 0) is 32.6 Å². The number of rotatable bonds is 4. The predicted molar refractivity (Wildman–Crippen MR) is 114 cm³/mol. The Morgan fingerprint density at radius 1 is 1.12 bits per heavy atom. The van der Waals surface area contributed by atoms with E-state index in [1.807, 2.05) is 0 Å². The van der Waals surface area contributed by atoms with E-state index >= 15 is 0 Å². The average Bonchev–Trinajstić information content (AvgIpc) is 3.40. The summed E-state index contributed by atoms with van der Waals surface area (Å²) in [6, 6.07) is 1.29. The van der Waals surface area contributed by atoms with Gasteiger partial charge in [0.2, 0.25) is 0 Å². The molecule has 1 atom stereocenters. The van der Waals surface area contributed by atoms with Crippen LogP contribution < -0.4 is 10.9 Å². The number of amides is 1. The Morgan fingerprint density at radius 2 is 1.97 bits per heavy atom. The molecule has 3 N–H and O–H groups in total. The highest BCUT2D eigenvalue weighted by Gasteiger charge is 2.21. The van der Waals surface area contributed by atoms with E-state index in [-0.39, 0.29) is 16.9 Å². The maximum Gasteiger partial charge on any atom is 0.272 e. The summed E-state index contributed by atoms with van der Waals surface area (Å²) in [5, 5.41) is 6.96. The molecule has 0 saturated carbocycles. The fourth-order valence-electron chi connectivity index (χ4n) is 3.90. The van der Waals surface area contributed by atoms with Crippen LogP contribution in [0.3, 0.4) is 0 Å². The highest BCUT2D eigenvalue weighted by molar-refractivity contribution is 6.01. The highest BCUT2D eigenvalue weighted by Crippen LogP contribution is 2.25. The molecule has 1 amide bonds. The van der Waals surface area contributed by atoms with Gasteiger partial charge in [0.25, 0.3) is 11.5 Å². The van der Waals surface area contributed by atoms with E-state index in [0.717, 1.165) is 37.6 Å². The van der Waals surface area contributed by atoms with Crippen LogP contribution >= 0.6 is 0 Å². The minimum absolute atomic E-state index is 0.0590. The first-order valence-corrected chi connectivity index (χ1v) is 10.6. The van der Waals surface area contributed by atoms with Crippen molar-refractivity contribution < 1.29 is 9.32 Å². The van der Waals surface area contributed by atoms with E-state index < -0.39 is 17.5 Å². The number of aromatic nitrogens is 7. The summed E-state index contributed by atoms with van der Waals surface area (Å²) in [5.41, 5.74) is 2.93. The molecule has 4 aromatic heterocycles. The number of fused-ring (bicyclic) bond motifs is 2. The fourth-order valence-corrected chi connectivity index (χ4v) is 3.90. The van der Waals surface area contributed by atoms with E-state index in [2.05, 4.69) is 35.4 Å². The van der Waals surface area contributed by atoms with Crippen molar-refractivity contribution >= 4 is 17.1 Å². The molecule has 0 saturated heterocycles. The van der Waals surface area contributed by atoms with Gasteiger partial charge in [0, 0.05) is 11.8 Å². The van der Waals surface area contributed by atoms with Crippen LogP contribution in [0.1, 0.15) is 66.3 Å². The summed E-state index contributed by atoms with van der Waals surface area (Å²) in [7, 11) is 0. The normalized spacial score (nSPS) is 15.0. The lowest BCUT2D eigenvalue weighted by Gasteiger charge is -2.10. The molecule has 4 aromatic rings. The molecule has 1 aliphatic rings. The van der Waals surface area contributed by atoms with Crippen LogP contribution in [0.4, 0.5) is 0 Å². The topological polar surface area (TPSA) is 155 Å². The first-order valence-electron chi connectivity index (χ1n) is 10.6. The smallest absolute Gasteiger partial charge is 0.272 e. The van der Waals surface area contributed by atoms with Crippen LogP contribution in [-0.4, -0.2) is 41.0 Å². The monoisotopic (exact) mass is 434 g/mol. The van der Waals surface area contributed by atoms with E-state index in [4.69, 9.17) is 9.51 Å². The third-order valence-corrected chi connectivity index (χ3v) is 5.59. The minimum atomic E-state index is -0.479. The second-order valence-electron chi connectivity index (χ2n) is 7.90. The van der Waals surface area contributed by atoms with Crippen molar-refractivity contribution in [2.24, 2.45) is 0 Å². The molecule has 0 fully saturated rings. The van der Waals surface area contributed by atoms with Crippen molar-refractivity contribution in [2.75, 3.05) is 0 Å². The number of hydrogen-bond donors (Lipinski definition) is 3. The molecule has 0 spiro atoms. The zero-order valence-electron chi connectivity index (χ0n) is 17.5. The van der Waals surface area contributed by atoms with Crippen LogP contribution in [0, 0.1) is 0 Å². The summed E-state index contributed by atoms with van der Waals surface area (Å²) in [4.78, 5) is 46.8. The number of H-pyrrole nitrogens is 2. The van der Waals surface area contributed by atoms with Gasteiger partial charge in [-0.25, -0.2) is 19.9 Å². The number of aromatic amines is 2. The summed E-state index contributed by atoms with van der Waals surface area (Å²) in [6.45, 7) is 1.78. The lowest BCUT2D eigenvalue weighted by Crippen LogP contribution is -2.28. The summed E-state index contributed by atoms with van der Waals surface area (Å²) < 4.78 is 5.48. The van der Waals surface area contributed by atoms with Gasteiger partial charge in [0.1, 0.15) is 17.5 Å². The van der Waals surface area contributed by atoms with Crippen LogP contribution in [-0.2, 0) is 12.8 Å². The molecule has 0 radical (unpaired) electrons. The maximum atomic E-state index is 12.8. The zero-order valence-corrected chi connectivity index (χ0v) is 17.5. The second kappa shape index (κ2) is 8.33. The molecule has 4 heterocycles. The standard InChI is InChI=1S/C21H22N8O3/c1-11(25-21(31)18-17-20(24-10-23-18)28-16(30)9-22-17)15-8-14(29-32-15)19-26-12-6-4-2-3-5-7-13(12)27-19/h8-11H,2-7H2,1H3,(H,25,31)(H,26,27)(H,23,24,28,30)/t11-/m1/s1. The molecule has 0 aromatic carbocycles. The molecular weight excluding hydrogens is 412 g/mol. The Labute approximate surface area is 182 Å². The molecule has 164 valence electrons. The molecule has 5 rings (SSSR count). The van der Waals surface area contributed by atoms with Crippen molar-refractivity contribution in [1.29, 1.82) is 0 Å². The second-order valence-corrected chi connectivity index (χ2v) is 7.90. The zero-order chi connectivity index (χ0) is 22.1. The molecule has 0 aliphatic heterocycles. The Bertz CT molecular complexity index is 1310. The third kappa shape index (κ3) is 3.88. The van der Waals surface area contributed by atoms with Gasteiger partial charge in [-0.3, -0.25) is 9.59 Å². The van der Waals surface area contributed by atoms with E-state index in [1.165, 1.54) is 24.9 Å². The van der Waals surface area contributed by atoms with Gasteiger partial charge in [0.05, 0.1) is 17.9 Å². The van der Waals surface area contributed by atoms with E-state index in [0.29, 0.717) is 17.3 Å². The number of hydrogen-bond acceptors (Lipinski definition) is 8. The van der Waals surface area contributed by atoms with Gasteiger partial charge in [-0.2, -0.15) is 0 Å². The van der Waals surface area contributed by atoms with Crippen LogP contribution in [0.2, 0.25) is 0 Å². The van der Waals surface area contributed by atoms with Gasteiger partial charge in [0.15, 0.2) is 22.9 Å². The molecule has 1 aliphatic carbocycles. The van der Waals surface area contributed by atoms with Crippen LogP contribution in [0.5, 0.6) is 0 Å². The molecule has 32 heavy (non-hydrogen) atoms. The van der Waals surface area contributed by atoms with Crippen LogP contribution in [0.15, 0.2) is 27.9 Å². The largest absolute Gasteiger partial charge is 0.358 e. The summed E-state index contributed by atoms with van der Waals surface area (Å²) in [5.74, 6) is 0.695. The predicted octanol–water partition coefficient (Wildman–Crippen LogP) is 2.24. The lowest BCUT2D eigenvalue weighted by molar-refractivity contribution is 0.0930. The Balaban J connectivity index is 1.34. The van der Waals surface area contributed by atoms with Crippen LogP contribution in [0.25, 0.3) is 22.7 Å². The molecule has 11 heteroatoms. The number of aryl methyl sites for hydroxylation is 2. The van der Waals surface area contributed by atoms with Gasteiger partial charge < -0.3 is 19.8 Å². The summed E-state index contributed by atoms with van der Waals surface area (Å²) in [6.07, 6.45) is 9.03. The summed E-state index contributed by atoms with van der Waals surface area (Å²) >= 11 is 0. The van der Waals surface area contributed by atoms with Gasteiger partial charge in [-0.15, -0.1) is 0 Å². The van der Waals surface area contributed by atoms with E-state index in [1.54, 1.807) is 13.0 Å². The minimum Gasteiger partial charge on any atom is -0.358 e. The number of nitrogens with one attached hydrogen (secondary N) is 3. The average molecular weight is 434 g/mol. The van der Waals surface area contributed by atoms with Crippen molar-refractivity contribution in [3.63, 3.8) is 0 Å². The molecule has 0 unspecified atom stereocenters. The number of imidazole rings is 1. The maximum absolute atomic E-state index is 12.8. The number of carbonyl (C=O) groups is 1. The van der Waals surface area contributed by atoms with Crippen molar-refractivity contribution in [3.8, 4) is 11.5 Å².